The summed E-state index contributed by atoms with van der Waals surface area (Å²) in [7, 11) is 2.06. The van der Waals surface area contributed by atoms with Gasteiger partial charge >= 0.3 is 0 Å². The van der Waals surface area contributed by atoms with Crippen LogP contribution in [0.5, 0.6) is 0 Å². The molecule has 5 nitrogen and oxygen atoms in total. The second kappa shape index (κ2) is 8.03. The van der Waals surface area contributed by atoms with Gasteiger partial charge in [0.25, 0.3) is 5.91 Å². The standard InChI is InChI=1S/C18H24BrN3O2/c1-21-10-6-7-14(21)15(22-11-4-2-3-5-12-22)13-20-18(23)16-8-9-17(19)24-16/h6-10,15H,2-5,11-13H2,1H3,(H,20,23). The Morgan fingerprint density at radius 2 is 2.00 bits per heavy atom. The fourth-order valence-electron chi connectivity index (χ4n) is 3.36. The lowest BCUT2D eigenvalue weighted by Crippen LogP contribution is -2.39. The maximum atomic E-state index is 12.3. The van der Waals surface area contributed by atoms with E-state index in [2.05, 4.69) is 56.1 Å². The van der Waals surface area contributed by atoms with Crippen molar-refractivity contribution < 1.29 is 9.21 Å². The summed E-state index contributed by atoms with van der Waals surface area (Å²) in [6, 6.07) is 7.81. The van der Waals surface area contributed by atoms with Crippen LogP contribution in [0.4, 0.5) is 0 Å². The van der Waals surface area contributed by atoms with Crippen LogP contribution in [0, 0.1) is 0 Å². The molecule has 0 radical (unpaired) electrons. The summed E-state index contributed by atoms with van der Waals surface area (Å²) in [6.45, 7) is 2.74. The molecule has 2 aromatic heterocycles. The van der Waals surface area contributed by atoms with Crippen molar-refractivity contribution in [2.24, 2.45) is 7.05 Å². The number of carbonyl (C=O) groups is 1. The van der Waals surface area contributed by atoms with Gasteiger partial charge in [-0.3, -0.25) is 9.69 Å². The van der Waals surface area contributed by atoms with Crippen molar-refractivity contribution in [2.45, 2.75) is 31.7 Å². The van der Waals surface area contributed by atoms with Crippen molar-refractivity contribution in [1.82, 2.24) is 14.8 Å². The second-order valence-electron chi connectivity index (χ2n) is 6.32. The Hall–Kier alpha value is -1.53. The van der Waals surface area contributed by atoms with Crippen molar-refractivity contribution in [3.05, 3.63) is 46.6 Å². The highest BCUT2D eigenvalue weighted by Gasteiger charge is 2.24. The Morgan fingerprint density at radius 3 is 2.58 bits per heavy atom. The largest absolute Gasteiger partial charge is 0.444 e. The number of aromatic nitrogens is 1. The zero-order valence-corrected chi connectivity index (χ0v) is 15.6. The van der Waals surface area contributed by atoms with Crippen molar-refractivity contribution in [2.75, 3.05) is 19.6 Å². The van der Waals surface area contributed by atoms with Crippen LogP contribution >= 0.6 is 15.9 Å². The molecular formula is C18H24BrN3O2. The highest BCUT2D eigenvalue weighted by molar-refractivity contribution is 9.10. The fraction of sp³-hybridized carbons (Fsp3) is 0.500. The molecule has 1 aliphatic heterocycles. The molecule has 0 bridgehead atoms. The van der Waals surface area contributed by atoms with E-state index in [-0.39, 0.29) is 11.9 Å². The molecule has 1 aliphatic rings. The molecule has 24 heavy (non-hydrogen) atoms. The van der Waals surface area contributed by atoms with Crippen LogP contribution in [0.25, 0.3) is 0 Å². The first-order valence-electron chi connectivity index (χ1n) is 8.54. The number of carbonyl (C=O) groups excluding carboxylic acids is 1. The lowest BCUT2D eigenvalue weighted by molar-refractivity contribution is 0.0902. The first-order chi connectivity index (χ1) is 11.6. The maximum absolute atomic E-state index is 12.3. The number of furan rings is 1. The van der Waals surface area contributed by atoms with E-state index in [0.717, 1.165) is 13.1 Å². The van der Waals surface area contributed by atoms with E-state index in [1.807, 2.05) is 0 Å². The molecule has 0 aromatic carbocycles. The predicted molar refractivity (Wildman–Crippen MR) is 96.9 cm³/mol. The average molecular weight is 394 g/mol. The second-order valence-corrected chi connectivity index (χ2v) is 7.11. The third-order valence-corrected chi connectivity index (χ3v) is 5.09. The molecular weight excluding hydrogens is 370 g/mol. The van der Waals surface area contributed by atoms with E-state index in [4.69, 9.17) is 4.42 Å². The Balaban J connectivity index is 1.72. The molecule has 0 aliphatic carbocycles. The Kier molecular flexibility index (Phi) is 5.79. The lowest BCUT2D eigenvalue weighted by Gasteiger charge is -2.31. The summed E-state index contributed by atoms with van der Waals surface area (Å²) in [6.07, 6.45) is 7.10. The minimum atomic E-state index is -0.172. The maximum Gasteiger partial charge on any atom is 0.287 e. The van der Waals surface area contributed by atoms with Crippen LogP contribution in [0.1, 0.15) is 48.0 Å². The average Bonchev–Trinajstić information content (AvgIpc) is 3.09. The summed E-state index contributed by atoms with van der Waals surface area (Å²) >= 11 is 3.23. The Bertz CT molecular complexity index is 671. The monoisotopic (exact) mass is 393 g/mol. The molecule has 3 heterocycles. The van der Waals surface area contributed by atoms with Gasteiger partial charge in [0, 0.05) is 25.5 Å². The van der Waals surface area contributed by atoms with Gasteiger partial charge in [-0.05, 0) is 66.1 Å². The minimum absolute atomic E-state index is 0.172. The molecule has 6 heteroatoms. The number of nitrogens with zero attached hydrogens (tertiary/aromatic N) is 2. The highest BCUT2D eigenvalue weighted by Crippen LogP contribution is 2.24. The number of hydrogen-bond acceptors (Lipinski definition) is 3. The van der Waals surface area contributed by atoms with Crippen LogP contribution < -0.4 is 5.32 Å². The molecule has 1 saturated heterocycles. The first-order valence-corrected chi connectivity index (χ1v) is 9.33. The van der Waals surface area contributed by atoms with Crippen LogP contribution in [-0.2, 0) is 7.05 Å². The molecule has 1 atom stereocenters. The van der Waals surface area contributed by atoms with E-state index in [9.17, 15) is 4.79 Å². The third kappa shape index (κ3) is 4.11. The summed E-state index contributed by atoms with van der Waals surface area (Å²) in [5.41, 5.74) is 1.23. The number of nitrogens with one attached hydrogen (secondary N) is 1. The summed E-state index contributed by atoms with van der Waals surface area (Å²) < 4.78 is 8.06. The van der Waals surface area contributed by atoms with E-state index in [1.165, 1.54) is 31.4 Å². The van der Waals surface area contributed by atoms with Gasteiger partial charge in [-0.25, -0.2) is 0 Å². The van der Waals surface area contributed by atoms with E-state index < -0.39 is 0 Å². The zero-order chi connectivity index (χ0) is 16.9. The molecule has 0 spiro atoms. The molecule has 1 unspecified atom stereocenters. The van der Waals surface area contributed by atoms with Crippen LogP contribution in [0.3, 0.4) is 0 Å². The van der Waals surface area contributed by atoms with Crippen molar-refractivity contribution in [3.63, 3.8) is 0 Å². The molecule has 3 rings (SSSR count). The molecule has 1 fully saturated rings. The van der Waals surface area contributed by atoms with E-state index >= 15 is 0 Å². The number of halogens is 1. The molecule has 1 N–H and O–H groups in total. The zero-order valence-electron chi connectivity index (χ0n) is 14.0. The van der Waals surface area contributed by atoms with Gasteiger partial charge in [-0.15, -0.1) is 0 Å². The van der Waals surface area contributed by atoms with Gasteiger partial charge in [0.05, 0.1) is 6.04 Å². The third-order valence-electron chi connectivity index (χ3n) is 4.66. The number of aryl methyl sites for hydroxylation is 1. The molecule has 2 aromatic rings. The molecule has 1 amide bonds. The van der Waals surface area contributed by atoms with Crippen LogP contribution in [0.2, 0.25) is 0 Å². The van der Waals surface area contributed by atoms with Crippen LogP contribution in [-0.4, -0.2) is 35.0 Å². The normalized spacial score (nSPS) is 17.4. The van der Waals surface area contributed by atoms with Crippen molar-refractivity contribution in [1.29, 1.82) is 0 Å². The molecule has 0 saturated carbocycles. The van der Waals surface area contributed by atoms with Gasteiger partial charge in [-0.1, -0.05) is 12.8 Å². The Labute approximate surface area is 151 Å². The number of amides is 1. The lowest BCUT2D eigenvalue weighted by atomic mass is 10.1. The van der Waals surface area contributed by atoms with Gasteiger partial charge in [0.2, 0.25) is 0 Å². The number of hydrogen-bond donors (Lipinski definition) is 1. The van der Waals surface area contributed by atoms with E-state index in [1.54, 1.807) is 12.1 Å². The smallest absolute Gasteiger partial charge is 0.287 e. The van der Waals surface area contributed by atoms with Crippen molar-refractivity contribution in [3.8, 4) is 0 Å². The Morgan fingerprint density at radius 1 is 1.25 bits per heavy atom. The number of rotatable bonds is 5. The SMILES string of the molecule is Cn1cccc1C(CNC(=O)c1ccc(Br)o1)N1CCCCCC1. The quantitative estimate of drug-likeness (QED) is 0.841. The summed E-state index contributed by atoms with van der Waals surface area (Å²) in [5.74, 6) is 0.165. The van der Waals surface area contributed by atoms with Crippen molar-refractivity contribution >= 4 is 21.8 Å². The first kappa shape index (κ1) is 17.3. The number of likely N-dealkylation sites (tertiary alicyclic amines) is 1. The predicted octanol–water partition coefficient (Wildman–Crippen LogP) is 3.73. The van der Waals surface area contributed by atoms with Gasteiger partial charge in [-0.2, -0.15) is 0 Å². The van der Waals surface area contributed by atoms with E-state index in [0.29, 0.717) is 17.0 Å². The van der Waals surface area contributed by atoms with Gasteiger partial charge in [0.15, 0.2) is 10.4 Å². The molecule has 130 valence electrons. The fourth-order valence-corrected chi connectivity index (χ4v) is 3.67. The minimum Gasteiger partial charge on any atom is -0.444 e. The summed E-state index contributed by atoms with van der Waals surface area (Å²) in [5, 5.41) is 3.04. The van der Waals surface area contributed by atoms with Gasteiger partial charge < -0.3 is 14.3 Å². The topological polar surface area (TPSA) is 50.4 Å². The van der Waals surface area contributed by atoms with Crippen LogP contribution in [0.15, 0.2) is 39.5 Å². The summed E-state index contributed by atoms with van der Waals surface area (Å²) in [4.78, 5) is 14.8. The van der Waals surface area contributed by atoms with Gasteiger partial charge in [0.1, 0.15) is 0 Å². The highest BCUT2D eigenvalue weighted by atomic mass is 79.9.